The zero-order valence-electron chi connectivity index (χ0n) is 11.7. The van der Waals surface area contributed by atoms with Gasteiger partial charge in [0.25, 0.3) is 0 Å². The molecule has 0 radical (unpaired) electrons. The number of nitrogens with zero attached hydrogens (tertiary/aromatic N) is 1. The molecular formula is C15H23FN2O2. The molecule has 1 atom stereocenters. The number of aliphatic hydroxyl groups excluding tert-OH is 1. The first-order chi connectivity index (χ1) is 9.74. The topological polar surface area (TPSA) is 58.7 Å². The van der Waals surface area contributed by atoms with Crippen LogP contribution in [-0.2, 0) is 4.74 Å². The first-order valence-electron chi connectivity index (χ1n) is 7.16. The molecule has 1 aromatic rings. The van der Waals surface area contributed by atoms with E-state index in [9.17, 15) is 4.39 Å². The second kappa shape index (κ2) is 7.69. The van der Waals surface area contributed by atoms with Gasteiger partial charge in [0, 0.05) is 25.7 Å². The van der Waals surface area contributed by atoms with Gasteiger partial charge in [-0.2, -0.15) is 0 Å². The van der Waals surface area contributed by atoms with Crippen LogP contribution in [0.25, 0.3) is 0 Å². The van der Waals surface area contributed by atoms with Crippen molar-refractivity contribution in [2.75, 3.05) is 32.8 Å². The Kier molecular flexibility index (Phi) is 5.91. The highest BCUT2D eigenvalue weighted by Crippen LogP contribution is 2.25. The van der Waals surface area contributed by atoms with Gasteiger partial charge in [0.1, 0.15) is 5.82 Å². The van der Waals surface area contributed by atoms with Gasteiger partial charge in [-0.1, -0.05) is 12.1 Å². The van der Waals surface area contributed by atoms with Crippen LogP contribution in [0.5, 0.6) is 0 Å². The summed E-state index contributed by atoms with van der Waals surface area (Å²) in [6, 6.07) is 6.72. The normalized spacial score (nSPS) is 19.1. The van der Waals surface area contributed by atoms with Crippen LogP contribution < -0.4 is 5.73 Å². The summed E-state index contributed by atoms with van der Waals surface area (Å²) in [5.41, 5.74) is 6.80. The molecule has 0 aliphatic carbocycles. The smallest absolute Gasteiger partial charge is 0.123 e. The molecule has 0 spiro atoms. The number of halogens is 1. The van der Waals surface area contributed by atoms with Crippen molar-refractivity contribution in [2.45, 2.75) is 25.0 Å². The highest BCUT2D eigenvalue weighted by Gasteiger charge is 2.25. The number of likely N-dealkylation sites (tertiary alicyclic amines) is 1. The van der Waals surface area contributed by atoms with Crippen molar-refractivity contribution in [1.82, 2.24) is 4.90 Å². The molecule has 1 aliphatic heterocycles. The van der Waals surface area contributed by atoms with Crippen molar-refractivity contribution in [3.05, 3.63) is 35.6 Å². The number of ether oxygens (including phenoxy) is 1. The van der Waals surface area contributed by atoms with Gasteiger partial charge in [0.05, 0.1) is 19.3 Å². The van der Waals surface area contributed by atoms with E-state index in [0.717, 1.165) is 31.5 Å². The lowest BCUT2D eigenvalue weighted by Gasteiger charge is -2.37. The monoisotopic (exact) mass is 282 g/mol. The summed E-state index contributed by atoms with van der Waals surface area (Å²) in [7, 11) is 0. The summed E-state index contributed by atoms with van der Waals surface area (Å²) in [5.74, 6) is -0.220. The molecule has 0 bridgehead atoms. The van der Waals surface area contributed by atoms with Gasteiger partial charge in [-0.05, 0) is 30.5 Å². The third kappa shape index (κ3) is 3.99. The average Bonchev–Trinajstić information content (AvgIpc) is 2.47. The Morgan fingerprint density at radius 1 is 1.40 bits per heavy atom. The number of benzene rings is 1. The summed E-state index contributed by atoms with van der Waals surface area (Å²) >= 11 is 0. The van der Waals surface area contributed by atoms with E-state index in [1.807, 2.05) is 6.07 Å². The van der Waals surface area contributed by atoms with Gasteiger partial charge in [-0.3, -0.25) is 4.90 Å². The zero-order valence-corrected chi connectivity index (χ0v) is 11.7. The predicted octanol–water partition coefficient (Wildman–Crippen LogP) is 1.30. The van der Waals surface area contributed by atoms with E-state index in [1.165, 1.54) is 6.07 Å². The molecule has 5 heteroatoms. The molecule has 0 amide bonds. The van der Waals surface area contributed by atoms with E-state index in [-0.39, 0.29) is 24.6 Å². The lowest BCUT2D eigenvalue weighted by Crippen LogP contribution is -2.42. The largest absolute Gasteiger partial charge is 0.394 e. The molecule has 1 fully saturated rings. The van der Waals surface area contributed by atoms with Crippen LogP contribution in [0.3, 0.4) is 0 Å². The minimum atomic E-state index is -0.220. The van der Waals surface area contributed by atoms with E-state index in [2.05, 4.69) is 4.90 Å². The van der Waals surface area contributed by atoms with Crippen LogP contribution in [0, 0.1) is 5.82 Å². The standard InChI is InChI=1S/C15H23FN2O2/c16-13-3-1-2-12(10-13)15(11-17)18-6-4-14(5-7-18)20-9-8-19/h1-3,10,14-15,19H,4-9,11,17H2. The fraction of sp³-hybridized carbons (Fsp3) is 0.600. The van der Waals surface area contributed by atoms with Gasteiger partial charge in [-0.25, -0.2) is 4.39 Å². The minimum absolute atomic E-state index is 0.0597. The molecule has 3 N–H and O–H groups in total. The van der Waals surface area contributed by atoms with Gasteiger partial charge >= 0.3 is 0 Å². The fourth-order valence-corrected chi connectivity index (χ4v) is 2.78. The quantitative estimate of drug-likeness (QED) is 0.825. The Labute approximate surface area is 119 Å². The number of hydrogen-bond donors (Lipinski definition) is 2. The number of aliphatic hydroxyl groups is 1. The Morgan fingerprint density at radius 2 is 2.15 bits per heavy atom. The Bertz CT molecular complexity index is 409. The van der Waals surface area contributed by atoms with E-state index in [4.69, 9.17) is 15.6 Å². The molecule has 1 unspecified atom stereocenters. The van der Waals surface area contributed by atoms with Crippen LogP contribution in [-0.4, -0.2) is 49.0 Å². The van der Waals surface area contributed by atoms with E-state index < -0.39 is 0 Å². The van der Waals surface area contributed by atoms with Crippen LogP contribution in [0.1, 0.15) is 24.4 Å². The van der Waals surface area contributed by atoms with Crippen LogP contribution in [0.2, 0.25) is 0 Å². The second-order valence-corrected chi connectivity index (χ2v) is 5.14. The van der Waals surface area contributed by atoms with Crippen LogP contribution >= 0.6 is 0 Å². The molecule has 2 rings (SSSR count). The Balaban J connectivity index is 1.93. The number of nitrogens with two attached hydrogens (primary N) is 1. The van der Waals surface area contributed by atoms with E-state index in [0.29, 0.717) is 13.2 Å². The predicted molar refractivity (Wildman–Crippen MR) is 75.8 cm³/mol. The van der Waals surface area contributed by atoms with Crippen molar-refractivity contribution in [3.8, 4) is 0 Å². The summed E-state index contributed by atoms with van der Waals surface area (Å²) < 4.78 is 18.9. The van der Waals surface area contributed by atoms with Crippen LogP contribution in [0.15, 0.2) is 24.3 Å². The first kappa shape index (κ1) is 15.4. The minimum Gasteiger partial charge on any atom is -0.394 e. The van der Waals surface area contributed by atoms with Crippen LogP contribution in [0.4, 0.5) is 4.39 Å². The molecule has 1 aliphatic rings. The molecule has 112 valence electrons. The molecule has 0 saturated carbocycles. The zero-order chi connectivity index (χ0) is 14.4. The summed E-state index contributed by atoms with van der Waals surface area (Å²) in [4.78, 5) is 2.29. The second-order valence-electron chi connectivity index (χ2n) is 5.14. The van der Waals surface area contributed by atoms with Gasteiger partial charge in [-0.15, -0.1) is 0 Å². The maximum Gasteiger partial charge on any atom is 0.123 e. The van der Waals surface area contributed by atoms with Gasteiger partial charge < -0.3 is 15.6 Å². The van der Waals surface area contributed by atoms with E-state index >= 15 is 0 Å². The van der Waals surface area contributed by atoms with Crippen molar-refractivity contribution < 1.29 is 14.2 Å². The van der Waals surface area contributed by atoms with Gasteiger partial charge in [0.15, 0.2) is 0 Å². The summed E-state index contributed by atoms with van der Waals surface area (Å²) in [6.07, 6.45) is 2.06. The third-order valence-corrected chi connectivity index (χ3v) is 3.82. The highest BCUT2D eigenvalue weighted by molar-refractivity contribution is 5.20. The molecule has 1 aromatic carbocycles. The van der Waals surface area contributed by atoms with Crippen molar-refractivity contribution in [1.29, 1.82) is 0 Å². The molecule has 0 aromatic heterocycles. The summed E-state index contributed by atoms with van der Waals surface area (Å²) in [5, 5.41) is 8.76. The SMILES string of the molecule is NCC(c1cccc(F)c1)N1CCC(OCCO)CC1. The highest BCUT2D eigenvalue weighted by atomic mass is 19.1. The number of rotatable bonds is 6. The average molecular weight is 282 g/mol. The number of piperidine rings is 1. The fourth-order valence-electron chi connectivity index (χ4n) is 2.78. The Hall–Kier alpha value is -1.01. The maximum absolute atomic E-state index is 13.3. The molecular weight excluding hydrogens is 259 g/mol. The first-order valence-corrected chi connectivity index (χ1v) is 7.16. The third-order valence-electron chi connectivity index (χ3n) is 3.82. The van der Waals surface area contributed by atoms with Gasteiger partial charge in [0.2, 0.25) is 0 Å². The molecule has 4 nitrogen and oxygen atoms in total. The van der Waals surface area contributed by atoms with E-state index in [1.54, 1.807) is 12.1 Å². The Morgan fingerprint density at radius 3 is 2.75 bits per heavy atom. The molecule has 20 heavy (non-hydrogen) atoms. The molecule has 1 saturated heterocycles. The lowest BCUT2D eigenvalue weighted by atomic mass is 10.0. The van der Waals surface area contributed by atoms with Crippen molar-refractivity contribution in [3.63, 3.8) is 0 Å². The molecule has 1 heterocycles. The number of hydrogen-bond acceptors (Lipinski definition) is 4. The summed E-state index contributed by atoms with van der Waals surface area (Å²) in [6.45, 7) is 2.71. The van der Waals surface area contributed by atoms with Crippen molar-refractivity contribution in [2.24, 2.45) is 5.73 Å². The van der Waals surface area contributed by atoms with Crippen molar-refractivity contribution >= 4 is 0 Å². The lowest BCUT2D eigenvalue weighted by molar-refractivity contribution is -0.0149. The maximum atomic E-state index is 13.3.